The highest BCUT2D eigenvalue weighted by Gasteiger charge is 2.20. The van der Waals surface area contributed by atoms with Gasteiger partial charge in [0.15, 0.2) is 0 Å². The Morgan fingerprint density at radius 2 is 2.39 bits per heavy atom. The number of nitrogens with zero attached hydrogens (tertiary/aromatic N) is 2. The molecule has 96 valence electrons. The first-order valence-electron chi connectivity index (χ1n) is 6.58. The van der Waals surface area contributed by atoms with E-state index in [9.17, 15) is 0 Å². The third-order valence-electron chi connectivity index (χ3n) is 3.56. The summed E-state index contributed by atoms with van der Waals surface area (Å²) in [6, 6.07) is 2.96. The number of rotatable bonds is 6. The van der Waals surface area contributed by atoms with E-state index in [1.54, 1.807) is 11.3 Å². The molecule has 1 N–H and O–H groups in total. The molecular weight excluding hydrogens is 242 g/mol. The monoisotopic (exact) mass is 261 g/mol. The maximum Gasteiger partial charge on any atom is 0.0537 e. The third kappa shape index (κ3) is 2.82. The fraction of sp³-hybridized carbons (Fsp3) is 0.500. The SMILES string of the molecule is Cc1c(CNC2CC2)cnn1CCc1ccsc1. The Kier molecular flexibility index (Phi) is 3.48. The minimum Gasteiger partial charge on any atom is -0.310 e. The second kappa shape index (κ2) is 5.24. The summed E-state index contributed by atoms with van der Waals surface area (Å²) in [5.74, 6) is 0. The lowest BCUT2D eigenvalue weighted by atomic mass is 10.2. The Bertz CT molecular complexity index is 497. The van der Waals surface area contributed by atoms with Crippen molar-refractivity contribution in [1.82, 2.24) is 15.1 Å². The van der Waals surface area contributed by atoms with E-state index in [-0.39, 0.29) is 0 Å². The predicted octanol–water partition coefficient (Wildman–Crippen LogP) is 2.75. The quantitative estimate of drug-likeness (QED) is 0.866. The van der Waals surface area contributed by atoms with E-state index in [0.717, 1.165) is 25.6 Å². The van der Waals surface area contributed by atoms with Crippen LogP contribution in [0.3, 0.4) is 0 Å². The Morgan fingerprint density at radius 1 is 1.50 bits per heavy atom. The summed E-state index contributed by atoms with van der Waals surface area (Å²) in [4.78, 5) is 0. The largest absolute Gasteiger partial charge is 0.310 e. The third-order valence-corrected chi connectivity index (χ3v) is 4.29. The topological polar surface area (TPSA) is 29.9 Å². The molecule has 1 saturated carbocycles. The molecule has 2 aromatic heterocycles. The van der Waals surface area contributed by atoms with E-state index in [4.69, 9.17) is 0 Å². The number of thiophene rings is 1. The van der Waals surface area contributed by atoms with Crippen molar-refractivity contribution in [3.8, 4) is 0 Å². The lowest BCUT2D eigenvalue weighted by Crippen LogP contribution is -2.16. The van der Waals surface area contributed by atoms with Crippen LogP contribution >= 0.6 is 11.3 Å². The van der Waals surface area contributed by atoms with Gasteiger partial charge in [-0.2, -0.15) is 16.4 Å². The molecule has 2 aromatic rings. The van der Waals surface area contributed by atoms with Gasteiger partial charge in [0.05, 0.1) is 6.20 Å². The molecule has 0 aromatic carbocycles. The predicted molar refractivity (Wildman–Crippen MR) is 74.8 cm³/mol. The Hall–Kier alpha value is -1.13. The molecule has 0 unspecified atom stereocenters. The lowest BCUT2D eigenvalue weighted by molar-refractivity contribution is 0.595. The summed E-state index contributed by atoms with van der Waals surface area (Å²) >= 11 is 1.76. The van der Waals surface area contributed by atoms with Crippen molar-refractivity contribution in [1.29, 1.82) is 0 Å². The second-order valence-electron chi connectivity index (χ2n) is 5.02. The number of hydrogen-bond acceptors (Lipinski definition) is 3. The zero-order valence-corrected chi connectivity index (χ0v) is 11.5. The zero-order chi connectivity index (χ0) is 12.4. The molecule has 1 aliphatic carbocycles. The average molecular weight is 261 g/mol. The van der Waals surface area contributed by atoms with Crippen LogP contribution in [0.5, 0.6) is 0 Å². The molecule has 0 aliphatic heterocycles. The van der Waals surface area contributed by atoms with E-state index in [1.165, 1.54) is 29.7 Å². The Morgan fingerprint density at radius 3 is 3.11 bits per heavy atom. The highest BCUT2D eigenvalue weighted by Crippen LogP contribution is 2.20. The first-order chi connectivity index (χ1) is 8.83. The molecule has 1 fully saturated rings. The Labute approximate surface area is 112 Å². The average Bonchev–Trinajstić information content (AvgIpc) is 2.93. The maximum atomic E-state index is 4.49. The van der Waals surface area contributed by atoms with Crippen molar-refractivity contribution in [3.05, 3.63) is 39.8 Å². The highest BCUT2D eigenvalue weighted by molar-refractivity contribution is 7.07. The van der Waals surface area contributed by atoms with E-state index in [1.807, 2.05) is 6.20 Å². The summed E-state index contributed by atoms with van der Waals surface area (Å²) in [6.07, 6.45) is 5.76. The van der Waals surface area contributed by atoms with Gasteiger partial charge in [0.25, 0.3) is 0 Å². The molecule has 0 spiro atoms. The van der Waals surface area contributed by atoms with Crippen LogP contribution in [-0.4, -0.2) is 15.8 Å². The van der Waals surface area contributed by atoms with Crippen LogP contribution in [0.4, 0.5) is 0 Å². The van der Waals surface area contributed by atoms with Crippen molar-refractivity contribution in [2.45, 2.75) is 45.3 Å². The van der Waals surface area contributed by atoms with Crippen molar-refractivity contribution in [3.63, 3.8) is 0 Å². The van der Waals surface area contributed by atoms with E-state index >= 15 is 0 Å². The highest BCUT2D eigenvalue weighted by atomic mass is 32.1. The number of aryl methyl sites for hydroxylation is 2. The van der Waals surface area contributed by atoms with E-state index in [2.05, 4.69) is 38.8 Å². The van der Waals surface area contributed by atoms with Crippen LogP contribution in [-0.2, 0) is 19.5 Å². The van der Waals surface area contributed by atoms with Crippen LogP contribution in [0.25, 0.3) is 0 Å². The van der Waals surface area contributed by atoms with Gasteiger partial charge in [-0.25, -0.2) is 0 Å². The molecule has 4 heteroatoms. The van der Waals surface area contributed by atoms with Gasteiger partial charge in [-0.3, -0.25) is 4.68 Å². The van der Waals surface area contributed by atoms with Crippen LogP contribution in [0, 0.1) is 6.92 Å². The van der Waals surface area contributed by atoms with Gasteiger partial charge in [-0.15, -0.1) is 0 Å². The smallest absolute Gasteiger partial charge is 0.0537 e. The lowest BCUT2D eigenvalue weighted by Gasteiger charge is -2.05. The standard InChI is InChI=1S/C14H19N3S/c1-11-13(8-15-14-2-3-14)9-16-17(11)6-4-12-5-7-18-10-12/h5,7,9-10,14-15H,2-4,6,8H2,1H3. The van der Waals surface area contributed by atoms with Crippen LogP contribution in [0.2, 0.25) is 0 Å². The zero-order valence-electron chi connectivity index (χ0n) is 10.7. The molecule has 0 saturated heterocycles. The fourth-order valence-corrected chi connectivity index (χ4v) is 2.80. The van der Waals surface area contributed by atoms with Gasteiger partial charge in [-0.1, -0.05) is 0 Å². The van der Waals surface area contributed by atoms with Crippen LogP contribution in [0.15, 0.2) is 23.0 Å². The first-order valence-corrected chi connectivity index (χ1v) is 7.53. The fourth-order valence-electron chi connectivity index (χ4n) is 2.10. The summed E-state index contributed by atoms with van der Waals surface area (Å²) < 4.78 is 2.13. The van der Waals surface area contributed by atoms with Crippen molar-refractivity contribution in [2.75, 3.05) is 0 Å². The minimum atomic E-state index is 0.763. The van der Waals surface area contributed by atoms with Gasteiger partial charge < -0.3 is 5.32 Å². The van der Waals surface area contributed by atoms with Gasteiger partial charge in [0, 0.05) is 30.4 Å². The van der Waals surface area contributed by atoms with Crippen LogP contribution < -0.4 is 5.32 Å². The summed E-state index contributed by atoms with van der Waals surface area (Å²) in [6.45, 7) is 4.12. The van der Waals surface area contributed by atoms with Crippen molar-refractivity contribution >= 4 is 11.3 Å². The minimum absolute atomic E-state index is 0.763. The maximum absolute atomic E-state index is 4.49. The van der Waals surface area contributed by atoms with Crippen LogP contribution in [0.1, 0.15) is 29.7 Å². The molecule has 0 radical (unpaired) electrons. The molecule has 3 nitrogen and oxygen atoms in total. The van der Waals surface area contributed by atoms with Gasteiger partial charge in [0.1, 0.15) is 0 Å². The Balaban J connectivity index is 1.58. The van der Waals surface area contributed by atoms with E-state index < -0.39 is 0 Å². The molecule has 2 heterocycles. The molecule has 1 aliphatic rings. The number of nitrogens with one attached hydrogen (secondary N) is 1. The molecule has 0 bridgehead atoms. The van der Waals surface area contributed by atoms with Crippen molar-refractivity contribution < 1.29 is 0 Å². The normalized spacial score (nSPS) is 15.2. The van der Waals surface area contributed by atoms with Gasteiger partial charge in [0.2, 0.25) is 0 Å². The second-order valence-corrected chi connectivity index (χ2v) is 5.80. The van der Waals surface area contributed by atoms with Gasteiger partial charge in [-0.05, 0) is 48.6 Å². The molecule has 0 amide bonds. The summed E-state index contributed by atoms with van der Waals surface area (Å²) in [5.41, 5.74) is 4.05. The van der Waals surface area contributed by atoms with Gasteiger partial charge >= 0.3 is 0 Å². The summed E-state index contributed by atoms with van der Waals surface area (Å²) in [7, 11) is 0. The van der Waals surface area contributed by atoms with E-state index in [0.29, 0.717) is 0 Å². The van der Waals surface area contributed by atoms with Crippen molar-refractivity contribution in [2.24, 2.45) is 0 Å². The molecule has 3 rings (SSSR count). The molecular formula is C14H19N3S. The molecule has 0 atom stereocenters. The number of aromatic nitrogens is 2. The summed E-state index contributed by atoms with van der Waals surface area (Å²) in [5, 5.41) is 12.4. The first kappa shape index (κ1) is 11.9. The number of hydrogen-bond donors (Lipinski definition) is 1. The molecule has 18 heavy (non-hydrogen) atoms.